The maximum atomic E-state index is 4.42. The lowest BCUT2D eigenvalue weighted by molar-refractivity contribution is 0.829. The normalized spacial score (nSPS) is 10.4. The summed E-state index contributed by atoms with van der Waals surface area (Å²) in [5.74, 6) is 1.45. The predicted octanol–water partition coefficient (Wildman–Crippen LogP) is 2.01. The van der Waals surface area contributed by atoms with Crippen molar-refractivity contribution in [2.24, 2.45) is 0 Å². The van der Waals surface area contributed by atoms with Crippen LogP contribution in [0.2, 0.25) is 0 Å². The van der Waals surface area contributed by atoms with Crippen molar-refractivity contribution in [3.8, 4) is 5.82 Å². The number of nitrogens with one attached hydrogen (secondary N) is 1. The minimum absolute atomic E-state index is 0.633. The van der Waals surface area contributed by atoms with Crippen LogP contribution in [-0.2, 0) is 0 Å². The molecular weight excluding hydrogens is 317 g/mol. The molecule has 6 heteroatoms. The molecule has 0 aliphatic heterocycles. The summed E-state index contributed by atoms with van der Waals surface area (Å²) in [5, 5.41) is 7.33. The number of nitrogens with zero attached hydrogens (tertiary/aromatic N) is 4. The van der Waals surface area contributed by atoms with Gasteiger partial charge in [0.25, 0.3) is 0 Å². The average Bonchev–Trinajstić information content (AvgIpc) is 2.68. The molecule has 0 spiro atoms. The molecule has 0 aliphatic rings. The topological polar surface area (TPSA) is 55.6 Å². The summed E-state index contributed by atoms with van der Waals surface area (Å²) >= 11 is 2.22. The molecule has 0 unspecified atom stereocenters. The van der Waals surface area contributed by atoms with Crippen molar-refractivity contribution in [3.63, 3.8) is 0 Å². The second kappa shape index (κ2) is 4.77. The van der Waals surface area contributed by atoms with Crippen LogP contribution in [0.5, 0.6) is 0 Å². The first kappa shape index (κ1) is 11.3. The fourth-order valence-corrected chi connectivity index (χ4v) is 1.71. The lowest BCUT2D eigenvalue weighted by atomic mass is 10.3. The largest absolute Gasteiger partial charge is 0.354 e. The third-order valence-electron chi connectivity index (χ3n) is 2.05. The SMILES string of the molecule is CCNc1ncc(C)c(-n2cc(I)cn2)n1. The molecule has 1 N–H and O–H groups in total. The Morgan fingerprint density at radius 1 is 1.44 bits per heavy atom. The Kier molecular flexibility index (Phi) is 3.37. The van der Waals surface area contributed by atoms with Crippen LogP contribution in [0.4, 0.5) is 5.95 Å². The molecule has 0 atom stereocenters. The highest BCUT2D eigenvalue weighted by atomic mass is 127. The van der Waals surface area contributed by atoms with Gasteiger partial charge in [-0.1, -0.05) is 0 Å². The second-order valence-electron chi connectivity index (χ2n) is 3.33. The number of aryl methyl sites for hydroxylation is 1. The molecular formula is C10H12IN5. The highest BCUT2D eigenvalue weighted by Crippen LogP contribution is 2.13. The van der Waals surface area contributed by atoms with Crippen LogP contribution in [0.1, 0.15) is 12.5 Å². The lowest BCUT2D eigenvalue weighted by Crippen LogP contribution is -2.07. The number of hydrogen-bond donors (Lipinski definition) is 1. The van der Waals surface area contributed by atoms with E-state index in [1.54, 1.807) is 17.1 Å². The van der Waals surface area contributed by atoms with E-state index in [-0.39, 0.29) is 0 Å². The number of anilines is 1. The van der Waals surface area contributed by atoms with Crippen LogP contribution in [0.15, 0.2) is 18.6 Å². The van der Waals surface area contributed by atoms with Gasteiger partial charge in [0.1, 0.15) is 0 Å². The average molecular weight is 329 g/mol. The van der Waals surface area contributed by atoms with E-state index in [1.807, 2.05) is 20.0 Å². The van der Waals surface area contributed by atoms with Crippen molar-refractivity contribution >= 4 is 28.5 Å². The quantitative estimate of drug-likeness (QED) is 0.876. The summed E-state index contributed by atoms with van der Waals surface area (Å²) in [6.45, 7) is 4.79. The van der Waals surface area contributed by atoms with Crippen molar-refractivity contribution in [1.29, 1.82) is 0 Å². The molecule has 2 aromatic heterocycles. The van der Waals surface area contributed by atoms with E-state index in [2.05, 4.69) is 43.0 Å². The van der Waals surface area contributed by atoms with Gasteiger partial charge in [0.2, 0.25) is 5.95 Å². The van der Waals surface area contributed by atoms with Crippen molar-refractivity contribution in [1.82, 2.24) is 19.7 Å². The Morgan fingerprint density at radius 3 is 2.88 bits per heavy atom. The molecule has 0 radical (unpaired) electrons. The standard InChI is InChI=1S/C10H12IN5/c1-3-12-10-13-4-7(2)9(15-10)16-6-8(11)5-14-16/h4-6H,3H2,1-2H3,(H,12,13,15). The second-order valence-corrected chi connectivity index (χ2v) is 4.58. The molecule has 2 rings (SSSR count). The lowest BCUT2D eigenvalue weighted by Gasteiger charge is -2.07. The molecule has 0 bridgehead atoms. The van der Waals surface area contributed by atoms with Gasteiger partial charge in [0.15, 0.2) is 5.82 Å². The fraction of sp³-hybridized carbons (Fsp3) is 0.300. The third kappa shape index (κ3) is 2.31. The van der Waals surface area contributed by atoms with E-state index in [0.717, 1.165) is 21.5 Å². The van der Waals surface area contributed by atoms with Gasteiger partial charge in [-0.2, -0.15) is 10.1 Å². The van der Waals surface area contributed by atoms with E-state index in [1.165, 1.54) is 0 Å². The summed E-state index contributed by atoms with van der Waals surface area (Å²) in [4.78, 5) is 8.62. The number of halogens is 1. The van der Waals surface area contributed by atoms with Gasteiger partial charge >= 0.3 is 0 Å². The third-order valence-corrected chi connectivity index (χ3v) is 2.61. The van der Waals surface area contributed by atoms with Crippen LogP contribution in [0, 0.1) is 10.5 Å². The minimum Gasteiger partial charge on any atom is -0.354 e. The van der Waals surface area contributed by atoms with Gasteiger partial charge in [-0.25, -0.2) is 9.67 Å². The van der Waals surface area contributed by atoms with Gasteiger partial charge in [-0.05, 0) is 36.4 Å². The highest BCUT2D eigenvalue weighted by Gasteiger charge is 2.06. The Bertz CT molecular complexity index is 494. The molecule has 5 nitrogen and oxygen atoms in total. The molecule has 2 aromatic rings. The maximum absolute atomic E-state index is 4.42. The van der Waals surface area contributed by atoms with Crippen LogP contribution in [-0.4, -0.2) is 26.3 Å². The Balaban J connectivity index is 2.42. The molecule has 0 saturated heterocycles. The van der Waals surface area contributed by atoms with Gasteiger partial charge in [-0.15, -0.1) is 0 Å². The van der Waals surface area contributed by atoms with E-state index in [9.17, 15) is 0 Å². The molecule has 0 aliphatic carbocycles. The van der Waals surface area contributed by atoms with Crippen molar-refractivity contribution in [2.75, 3.05) is 11.9 Å². The van der Waals surface area contributed by atoms with E-state index in [4.69, 9.17) is 0 Å². The van der Waals surface area contributed by atoms with Gasteiger partial charge < -0.3 is 5.32 Å². The Hall–Kier alpha value is -1.18. The molecule has 0 amide bonds. The monoisotopic (exact) mass is 329 g/mol. The van der Waals surface area contributed by atoms with E-state index in [0.29, 0.717) is 5.95 Å². The molecule has 0 aromatic carbocycles. The van der Waals surface area contributed by atoms with Crippen LogP contribution in [0.3, 0.4) is 0 Å². The van der Waals surface area contributed by atoms with Gasteiger partial charge in [0, 0.05) is 24.5 Å². The summed E-state index contributed by atoms with van der Waals surface area (Å²) < 4.78 is 2.85. The first-order valence-corrected chi connectivity index (χ1v) is 6.06. The minimum atomic E-state index is 0.633. The Labute approximate surface area is 107 Å². The maximum Gasteiger partial charge on any atom is 0.224 e. The molecule has 0 fully saturated rings. The van der Waals surface area contributed by atoms with Crippen molar-refractivity contribution in [3.05, 3.63) is 27.7 Å². The van der Waals surface area contributed by atoms with Crippen LogP contribution in [0.25, 0.3) is 5.82 Å². The zero-order chi connectivity index (χ0) is 11.5. The molecule has 16 heavy (non-hydrogen) atoms. The predicted molar refractivity (Wildman–Crippen MR) is 70.8 cm³/mol. The van der Waals surface area contributed by atoms with Gasteiger partial charge in [-0.3, -0.25) is 0 Å². The van der Waals surface area contributed by atoms with E-state index < -0.39 is 0 Å². The first-order valence-electron chi connectivity index (χ1n) is 4.98. The summed E-state index contributed by atoms with van der Waals surface area (Å²) in [6.07, 6.45) is 5.54. The molecule has 2 heterocycles. The first-order chi connectivity index (χ1) is 7.70. The summed E-state index contributed by atoms with van der Waals surface area (Å²) in [5.41, 5.74) is 1.00. The van der Waals surface area contributed by atoms with Crippen molar-refractivity contribution in [2.45, 2.75) is 13.8 Å². The smallest absolute Gasteiger partial charge is 0.224 e. The summed E-state index contributed by atoms with van der Waals surface area (Å²) in [7, 11) is 0. The number of hydrogen-bond acceptors (Lipinski definition) is 4. The highest BCUT2D eigenvalue weighted by molar-refractivity contribution is 14.1. The number of aromatic nitrogens is 4. The van der Waals surface area contributed by atoms with E-state index >= 15 is 0 Å². The zero-order valence-corrected chi connectivity index (χ0v) is 11.3. The van der Waals surface area contributed by atoms with Crippen LogP contribution >= 0.6 is 22.6 Å². The molecule has 0 saturated carbocycles. The zero-order valence-electron chi connectivity index (χ0n) is 9.11. The summed E-state index contributed by atoms with van der Waals surface area (Å²) in [6, 6.07) is 0. The molecule has 84 valence electrons. The van der Waals surface area contributed by atoms with Gasteiger partial charge in [0.05, 0.1) is 9.77 Å². The Morgan fingerprint density at radius 2 is 2.25 bits per heavy atom. The van der Waals surface area contributed by atoms with Crippen LogP contribution < -0.4 is 5.32 Å². The van der Waals surface area contributed by atoms with Crippen molar-refractivity contribution < 1.29 is 0 Å². The number of rotatable bonds is 3. The fourth-order valence-electron chi connectivity index (χ4n) is 1.32.